The van der Waals surface area contributed by atoms with Crippen LogP contribution in [0.2, 0.25) is 0 Å². The standard InChI is InChI=1S/C14H21FN2/c1-2-12-10-17(7-6-14(12)16)9-11-4-3-5-13(15)8-11/h3-5,8,12,14H,2,6-7,9-10,16H2,1H3. The van der Waals surface area contributed by atoms with Gasteiger partial charge in [0.1, 0.15) is 5.82 Å². The Bertz CT molecular complexity index is 367. The highest BCUT2D eigenvalue weighted by Gasteiger charge is 2.24. The van der Waals surface area contributed by atoms with Crippen LogP contribution in [-0.2, 0) is 6.54 Å². The minimum Gasteiger partial charge on any atom is -0.327 e. The molecule has 0 amide bonds. The van der Waals surface area contributed by atoms with Gasteiger partial charge in [0.05, 0.1) is 0 Å². The van der Waals surface area contributed by atoms with Gasteiger partial charge in [0, 0.05) is 19.1 Å². The number of hydrogen-bond acceptors (Lipinski definition) is 2. The normalized spacial score (nSPS) is 26.1. The molecule has 3 heteroatoms. The van der Waals surface area contributed by atoms with Crippen LogP contribution >= 0.6 is 0 Å². The fourth-order valence-corrected chi connectivity index (χ4v) is 2.59. The van der Waals surface area contributed by atoms with Crippen molar-refractivity contribution in [1.82, 2.24) is 4.90 Å². The van der Waals surface area contributed by atoms with Crippen LogP contribution in [0, 0.1) is 11.7 Å². The first-order valence-electron chi connectivity index (χ1n) is 6.41. The van der Waals surface area contributed by atoms with E-state index in [-0.39, 0.29) is 5.82 Å². The van der Waals surface area contributed by atoms with Crippen LogP contribution in [-0.4, -0.2) is 24.0 Å². The summed E-state index contributed by atoms with van der Waals surface area (Å²) in [7, 11) is 0. The third-order valence-corrected chi connectivity index (χ3v) is 3.70. The quantitative estimate of drug-likeness (QED) is 0.873. The van der Waals surface area contributed by atoms with E-state index in [1.54, 1.807) is 12.1 Å². The molecule has 2 N–H and O–H groups in total. The molecule has 1 aliphatic rings. The molecule has 2 atom stereocenters. The number of piperidine rings is 1. The average Bonchev–Trinajstić information content (AvgIpc) is 2.32. The van der Waals surface area contributed by atoms with Crippen molar-refractivity contribution in [3.8, 4) is 0 Å². The maximum atomic E-state index is 13.1. The van der Waals surface area contributed by atoms with Crippen molar-refractivity contribution in [3.05, 3.63) is 35.6 Å². The van der Waals surface area contributed by atoms with E-state index in [9.17, 15) is 4.39 Å². The van der Waals surface area contributed by atoms with Gasteiger partial charge >= 0.3 is 0 Å². The first-order chi connectivity index (χ1) is 8.19. The highest BCUT2D eigenvalue weighted by atomic mass is 19.1. The van der Waals surface area contributed by atoms with Crippen LogP contribution < -0.4 is 5.73 Å². The molecule has 1 aromatic carbocycles. The predicted octanol–water partition coefficient (Wildman–Crippen LogP) is 2.38. The smallest absolute Gasteiger partial charge is 0.123 e. The molecule has 2 rings (SSSR count). The Morgan fingerprint density at radius 1 is 1.47 bits per heavy atom. The van der Waals surface area contributed by atoms with Gasteiger partial charge < -0.3 is 5.73 Å². The number of rotatable bonds is 3. The average molecular weight is 236 g/mol. The van der Waals surface area contributed by atoms with Crippen molar-refractivity contribution in [1.29, 1.82) is 0 Å². The van der Waals surface area contributed by atoms with Crippen LogP contribution in [0.3, 0.4) is 0 Å². The Morgan fingerprint density at radius 3 is 3.00 bits per heavy atom. The third kappa shape index (κ3) is 3.27. The van der Waals surface area contributed by atoms with Crippen LogP contribution in [0.4, 0.5) is 4.39 Å². The molecule has 0 spiro atoms. The van der Waals surface area contributed by atoms with E-state index < -0.39 is 0 Å². The zero-order valence-electron chi connectivity index (χ0n) is 10.4. The maximum Gasteiger partial charge on any atom is 0.123 e. The molecule has 1 aliphatic heterocycles. The van der Waals surface area contributed by atoms with E-state index in [0.29, 0.717) is 12.0 Å². The van der Waals surface area contributed by atoms with Crippen LogP contribution in [0.25, 0.3) is 0 Å². The van der Waals surface area contributed by atoms with Crippen molar-refractivity contribution in [2.45, 2.75) is 32.4 Å². The molecule has 2 nitrogen and oxygen atoms in total. The Kier molecular flexibility index (Phi) is 4.13. The summed E-state index contributed by atoms with van der Waals surface area (Å²) in [5.41, 5.74) is 7.13. The SMILES string of the molecule is CCC1CN(Cc2cccc(F)c2)CCC1N. The van der Waals surface area contributed by atoms with Gasteiger partial charge in [-0.2, -0.15) is 0 Å². The zero-order valence-corrected chi connectivity index (χ0v) is 10.4. The van der Waals surface area contributed by atoms with Gasteiger partial charge in [-0.25, -0.2) is 4.39 Å². The largest absolute Gasteiger partial charge is 0.327 e. The van der Waals surface area contributed by atoms with E-state index in [2.05, 4.69) is 11.8 Å². The van der Waals surface area contributed by atoms with E-state index in [1.807, 2.05) is 6.07 Å². The molecule has 0 radical (unpaired) electrons. The fourth-order valence-electron chi connectivity index (χ4n) is 2.59. The molecule has 0 aromatic heterocycles. The second-order valence-electron chi connectivity index (χ2n) is 4.99. The summed E-state index contributed by atoms with van der Waals surface area (Å²) in [6.07, 6.45) is 2.18. The maximum absolute atomic E-state index is 13.1. The Hall–Kier alpha value is -0.930. The second kappa shape index (κ2) is 5.61. The van der Waals surface area contributed by atoms with Gasteiger partial charge in [-0.05, 0) is 36.6 Å². The molecule has 1 heterocycles. The van der Waals surface area contributed by atoms with Gasteiger partial charge in [0.15, 0.2) is 0 Å². The number of likely N-dealkylation sites (tertiary alicyclic amines) is 1. The lowest BCUT2D eigenvalue weighted by Crippen LogP contribution is -2.46. The molecule has 17 heavy (non-hydrogen) atoms. The summed E-state index contributed by atoms with van der Waals surface area (Å²) in [4.78, 5) is 2.38. The second-order valence-corrected chi connectivity index (χ2v) is 4.99. The lowest BCUT2D eigenvalue weighted by molar-refractivity contribution is 0.145. The number of hydrogen-bond donors (Lipinski definition) is 1. The van der Waals surface area contributed by atoms with Gasteiger partial charge in [-0.3, -0.25) is 4.90 Å². The summed E-state index contributed by atoms with van der Waals surface area (Å²) in [5, 5.41) is 0. The van der Waals surface area contributed by atoms with Crippen molar-refractivity contribution in [2.24, 2.45) is 11.7 Å². The number of nitrogens with zero attached hydrogens (tertiary/aromatic N) is 1. The van der Waals surface area contributed by atoms with Crippen LogP contribution in [0.5, 0.6) is 0 Å². The molecule has 0 bridgehead atoms. The number of benzene rings is 1. The molecular formula is C14H21FN2. The predicted molar refractivity (Wildman–Crippen MR) is 68.1 cm³/mol. The molecule has 1 fully saturated rings. The Balaban J connectivity index is 1.95. The summed E-state index contributed by atoms with van der Waals surface area (Å²) in [6, 6.07) is 7.21. The fraction of sp³-hybridized carbons (Fsp3) is 0.571. The molecule has 2 unspecified atom stereocenters. The lowest BCUT2D eigenvalue weighted by Gasteiger charge is -2.36. The number of halogens is 1. The first kappa shape index (κ1) is 12.5. The first-order valence-corrected chi connectivity index (χ1v) is 6.41. The van der Waals surface area contributed by atoms with Crippen molar-refractivity contribution in [3.63, 3.8) is 0 Å². The van der Waals surface area contributed by atoms with Gasteiger partial charge in [0.2, 0.25) is 0 Å². The minimum absolute atomic E-state index is 0.150. The third-order valence-electron chi connectivity index (χ3n) is 3.70. The summed E-state index contributed by atoms with van der Waals surface area (Å²) in [5.74, 6) is 0.431. The van der Waals surface area contributed by atoms with E-state index in [1.165, 1.54) is 6.07 Å². The Morgan fingerprint density at radius 2 is 2.29 bits per heavy atom. The monoisotopic (exact) mass is 236 g/mol. The zero-order chi connectivity index (χ0) is 12.3. The topological polar surface area (TPSA) is 29.3 Å². The summed E-state index contributed by atoms with van der Waals surface area (Å²) in [6.45, 7) is 5.08. The molecular weight excluding hydrogens is 215 g/mol. The van der Waals surface area contributed by atoms with Crippen molar-refractivity contribution in [2.75, 3.05) is 13.1 Å². The minimum atomic E-state index is -0.150. The molecule has 0 aliphatic carbocycles. The Labute approximate surface area is 103 Å². The van der Waals surface area contributed by atoms with Crippen LogP contribution in [0.15, 0.2) is 24.3 Å². The van der Waals surface area contributed by atoms with Gasteiger partial charge in [0.25, 0.3) is 0 Å². The lowest BCUT2D eigenvalue weighted by atomic mass is 9.90. The molecule has 1 saturated heterocycles. The van der Waals surface area contributed by atoms with Crippen LogP contribution in [0.1, 0.15) is 25.3 Å². The highest BCUT2D eigenvalue weighted by Crippen LogP contribution is 2.20. The molecule has 1 aromatic rings. The van der Waals surface area contributed by atoms with Gasteiger partial charge in [-0.15, -0.1) is 0 Å². The van der Waals surface area contributed by atoms with Crippen molar-refractivity contribution < 1.29 is 4.39 Å². The van der Waals surface area contributed by atoms with Crippen molar-refractivity contribution >= 4 is 0 Å². The summed E-state index contributed by atoms with van der Waals surface area (Å²) < 4.78 is 13.1. The summed E-state index contributed by atoms with van der Waals surface area (Å²) >= 11 is 0. The van der Waals surface area contributed by atoms with Gasteiger partial charge in [-0.1, -0.05) is 25.5 Å². The van der Waals surface area contributed by atoms with E-state index in [4.69, 9.17) is 5.73 Å². The molecule has 94 valence electrons. The van der Waals surface area contributed by atoms with E-state index >= 15 is 0 Å². The molecule has 0 saturated carbocycles. The highest BCUT2D eigenvalue weighted by molar-refractivity contribution is 5.16. The van der Waals surface area contributed by atoms with E-state index in [0.717, 1.165) is 38.0 Å². The number of nitrogens with two attached hydrogens (primary N) is 1.